The zero-order valence-corrected chi connectivity index (χ0v) is 11.4. The third-order valence-corrected chi connectivity index (χ3v) is 3.61. The molecule has 0 spiro atoms. The van der Waals surface area contributed by atoms with Gasteiger partial charge in [-0.2, -0.15) is 13.2 Å². The quantitative estimate of drug-likeness (QED) is 0.813. The van der Waals surface area contributed by atoms with Crippen LogP contribution < -0.4 is 5.73 Å². The van der Waals surface area contributed by atoms with E-state index in [2.05, 4.69) is 0 Å². The van der Waals surface area contributed by atoms with Gasteiger partial charge < -0.3 is 10.6 Å². The van der Waals surface area contributed by atoms with Crippen molar-refractivity contribution >= 4 is 5.91 Å². The van der Waals surface area contributed by atoms with Crippen molar-refractivity contribution in [2.45, 2.75) is 63.6 Å². The fourth-order valence-corrected chi connectivity index (χ4v) is 2.53. The average Bonchev–Trinajstić information content (AvgIpc) is 2.69. The van der Waals surface area contributed by atoms with E-state index < -0.39 is 24.2 Å². The lowest BCUT2D eigenvalue weighted by molar-refractivity contribution is -0.162. The van der Waals surface area contributed by atoms with Crippen LogP contribution in [-0.2, 0) is 4.79 Å². The molecule has 0 radical (unpaired) electrons. The molecule has 1 fully saturated rings. The number of amides is 1. The van der Waals surface area contributed by atoms with E-state index in [1.807, 2.05) is 6.92 Å². The highest BCUT2D eigenvalue weighted by atomic mass is 19.4. The first kappa shape index (κ1) is 16.3. The van der Waals surface area contributed by atoms with E-state index in [1.54, 1.807) is 0 Å². The van der Waals surface area contributed by atoms with Crippen molar-refractivity contribution in [1.82, 2.24) is 4.90 Å². The maximum atomic E-state index is 12.5. The molecule has 0 aromatic rings. The van der Waals surface area contributed by atoms with Crippen molar-refractivity contribution in [3.05, 3.63) is 0 Å². The van der Waals surface area contributed by atoms with Gasteiger partial charge in [-0.05, 0) is 19.3 Å². The molecule has 0 aliphatic heterocycles. The highest BCUT2D eigenvalue weighted by Gasteiger charge is 2.37. The molecule has 0 aromatic carbocycles. The van der Waals surface area contributed by atoms with E-state index in [4.69, 9.17) is 5.73 Å². The monoisotopic (exact) mass is 280 g/mol. The molecule has 0 bridgehead atoms. The van der Waals surface area contributed by atoms with Gasteiger partial charge in [0.2, 0.25) is 5.91 Å². The Balaban J connectivity index is 2.59. The molecule has 2 N–H and O–H groups in total. The van der Waals surface area contributed by atoms with Crippen molar-refractivity contribution in [3.63, 3.8) is 0 Å². The molecular weight excluding hydrogens is 257 g/mol. The highest BCUT2D eigenvalue weighted by Crippen LogP contribution is 2.31. The Morgan fingerprint density at radius 3 is 2.37 bits per heavy atom. The van der Waals surface area contributed by atoms with Gasteiger partial charge in [-0.25, -0.2) is 0 Å². The van der Waals surface area contributed by atoms with E-state index in [1.165, 1.54) is 0 Å². The number of hydrogen-bond donors (Lipinski definition) is 1. The zero-order valence-electron chi connectivity index (χ0n) is 11.4. The van der Waals surface area contributed by atoms with Crippen LogP contribution in [0.5, 0.6) is 0 Å². The second-order valence-corrected chi connectivity index (χ2v) is 5.53. The SMILES string of the molecule is CCCCN(CC(F)(F)F)C(=O)CC1(N)CCCC1. The van der Waals surface area contributed by atoms with Crippen LogP contribution in [-0.4, -0.2) is 35.6 Å². The average molecular weight is 280 g/mol. The van der Waals surface area contributed by atoms with E-state index in [9.17, 15) is 18.0 Å². The summed E-state index contributed by atoms with van der Waals surface area (Å²) in [7, 11) is 0. The maximum absolute atomic E-state index is 12.5. The standard InChI is InChI=1S/C13H23F3N2O/c1-2-3-8-18(10-13(14,15)16)11(19)9-12(17)6-4-5-7-12/h2-10,17H2,1H3. The third kappa shape index (κ3) is 5.80. The fourth-order valence-electron chi connectivity index (χ4n) is 2.53. The van der Waals surface area contributed by atoms with Crippen molar-refractivity contribution < 1.29 is 18.0 Å². The van der Waals surface area contributed by atoms with E-state index >= 15 is 0 Å². The Bertz CT molecular complexity index is 299. The van der Waals surface area contributed by atoms with Gasteiger partial charge in [-0.15, -0.1) is 0 Å². The largest absolute Gasteiger partial charge is 0.406 e. The number of unbranched alkanes of at least 4 members (excludes halogenated alkanes) is 1. The van der Waals surface area contributed by atoms with Crippen LogP contribution in [0.4, 0.5) is 13.2 Å². The first-order chi connectivity index (χ1) is 8.76. The van der Waals surface area contributed by atoms with Crippen molar-refractivity contribution in [2.75, 3.05) is 13.1 Å². The van der Waals surface area contributed by atoms with E-state index in [0.717, 1.165) is 37.0 Å². The number of hydrogen-bond acceptors (Lipinski definition) is 2. The molecule has 0 saturated heterocycles. The molecule has 112 valence electrons. The molecule has 1 saturated carbocycles. The van der Waals surface area contributed by atoms with Gasteiger partial charge in [0, 0.05) is 18.5 Å². The number of carbonyl (C=O) groups excluding carboxylic acids is 1. The number of alkyl halides is 3. The molecular formula is C13H23F3N2O. The van der Waals surface area contributed by atoms with Gasteiger partial charge in [0.05, 0.1) is 0 Å². The smallest absolute Gasteiger partial charge is 0.334 e. The number of nitrogens with zero attached hydrogens (tertiary/aromatic N) is 1. The van der Waals surface area contributed by atoms with Gasteiger partial charge in [0.15, 0.2) is 0 Å². The third-order valence-electron chi connectivity index (χ3n) is 3.61. The molecule has 19 heavy (non-hydrogen) atoms. The van der Waals surface area contributed by atoms with Crippen LogP contribution >= 0.6 is 0 Å². The summed E-state index contributed by atoms with van der Waals surface area (Å²) in [4.78, 5) is 12.9. The van der Waals surface area contributed by atoms with Gasteiger partial charge in [0.1, 0.15) is 6.54 Å². The topological polar surface area (TPSA) is 46.3 Å². The van der Waals surface area contributed by atoms with Crippen molar-refractivity contribution in [1.29, 1.82) is 0 Å². The molecule has 0 unspecified atom stereocenters. The lowest BCUT2D eigenvalue weighted by Gasteiger charge is -2.29. The summed E-state index contributed by atoms with van der Waals surface area (Å²) in [6.07, 6.45) is 0.400. The first-order valence-electron chi connectivity index (χ1n) is 6.89. The lowest BCUT2D eigenvalue weighted by Crippen LogP contribution is -2.46. The fraction of sp³-hybridized carbons (Fsp3) is 0.923. The minimum Gasteiger partial charge on any atom is -0.334 e. The number of nitrogens with two attached hydrogens (primary N) is 1. The Morgan fingerprint density at radius 2 is 1.89 bits per heavy atom. The molecule has 1 aliphatic carbocycles. The number of halogens is 3. The Labute approximate surface area is 112 Å². The van der Waals surface area contributed by atoms with E-state index in [-0.39, 0.29) is 13.0 Å². The molecule has 0 heterocycles. The van der Waals surface area contributed by atoms with Crippen LogP contribution in [0.15, 0.2) is 0 Å². The Hall–Kier alpha value is -0.780. The van der Waals surface area contributed by atoms with Crippen LogP contribution in [0.2, 0.25) is 0 Å². The second-order valence-electron chi connectivity index (χ2n) is 5.53. The molecule has 1 aliphatic rings. The molecule has 0 aromatic heterocycles. The number of rotatable bonds is 6. The normalized spacial score (nSPS) is 18.6. The summed E-state index contributed by atoms with van der Waals surface area (Å²) < 4.78 is 37.4. The van der Waals surface area contributed by atoms with Crippen LogP contribution in [0, 0.1) is 0 Å². The predicted octanol–water partition coefficient (Wildman–Crippen LogP) is 2.84. The summed E-state index contributed by atoms with van der Waals surface area (Å²) >= 11 is 0. The molecule has 1 amide bonds. The minimum absolute atomic E-state index is 0.0345. The van der Waals surface area contributed by atoms with Gasteiger partial charge in [-0.3, -0.25) is 4.79 Å². The van der Waals surface area contributed by atoms with Gasteiger partial charge in [0.25, 0.3) is 0 Å². The minimum atomic E-state index is -4.35. The lowest BCUT2D eigenvalue weighted by atomic mass is 9.94. The van der Waals surface area contributed by atoms with Crippen molar-refractivity contribution in [2.24, 2.45) is 5.73 Å². The van der Waals surface area contributed by atoms with Crippen LogP contribution in [0.1, 0.15) is 51.9 Å². The Kier molecular flexibility index (Phi) is 5.64. The van der Waals surface area contributed by atoms with E-state index in [0.29, 0.717) is 6.42 Å². The summed E-state index contributed by atoms with van der Waals surface area (Å²) in [6, 6.07) is 0. The zero-order chi connectivity index (χ0) is 14.5. The van der Waals surface area contributed by atoms with Gasteiger partial charge >= 0.3 is 6.18 Å². The van der Waals surface area contributed by atoms with Crippen LogP contribution in [0.25, 0.3) is 0 Å². The summed E-state index contributed by atoms with van der Waals surface area (Å²) in [6.45, 7) is 0.879. The second kappa shape index (κ2) is 6.59. The first-order valence-corrected chi connectivity index (χ1v) is 6.89. The van der Waals surface area contributed by atoms with Crippen molar-refractivity contribution in [3.8, 4) is 0 Å². The molecule has 6 heteroatoms. The van der Waals surface area contributed by atoms with Crippen LogP contribution in [0.3, 0.4) is 0 Å². The van der Waals surface area contributed by atoms with Gasteiger partial charge in [-0.1, -0.05) is 26.2 Å². The molecule has 0 atom stereocenters. The maximum Gasteiger partial charge on any atom is 0.406 e. The Morgan fingerprint density at radius 1 is 1.32 bits per heavy atom. The highest BCUT2D eigenvalue weighted by molar-refractivity contribution is 5.77. The molecule has 3 nitrogen and oxygen atoms in total. The predicted molar refractivity (Wildman–Crippen MR) is 67.5 cm³/mol. The summed E-state index contributed by atoms with van der Waals surface area (Å²) in [5.41, 5.74) is 5.47. The molecule has 1 rings (SSSR count). The summed E-state index contributed by atoms with van der Waals surface area (Å²) in [5, 5.41) is 0. The number of carbonyl (C=O) groups is 1. The summed E-state index contributed by atoms with van der Waals surface area (Å²) in [5.74, 6) is -0.463.